The predicted molar refractivity (Wildman–Crippen MR) is 8.63 cm³/mol. The quantitative estimate of drug-likeness (QED) is 0.318. The molecule has 0 saturated heterocycles. The van der Waals surface area contributed by atoms with E-state index >= 15 is 0 Å². The summed E-state index contributed by atoms with van der Waals surface area (Å²) in [6.45, 7) is 0. The van der Waals surface area contributed by atoms with Gasteiger partial charge in [0, 0.05) is 0 Å². The SMILES string of the molecule is [CH3-].[F][Ti][F]. The molecule has 26 valence electrons. The molecule has 0 aromatic rings. The molecule has 0 amide bonds. The minimum atomic E-state index is -2.50. The molecular weight excluding hydrogens is 97.9 g/mol. The van der Waals surface area contributed by atoms with Crippen LogP contribution in [0.2, 0.25) is 0 Å². The molecule has 0 aromatic carbocycles. The topological polar surface area (TPSA) is 0 Å². The summed E-state index contributed by atoms with van der Waals surface area (Å²) in [6, 6.07) is 0. The fourth-order valence-electron chi connectivity index (χ4n) is 0. The minimum absolute atomic E-state index is 0. The van der Waals surface area contributed by atoms with E-state index in [4.69, 9.17) is 0 Å². The van der Waals surface area contributed by atoms with Gasteiger partial charge in [0.05, 0.1) is 0 Å². The summed E-state index contributed by atoms with van der Waals surface area (Å²) in [5.41, 5.74) is 0. The van der Waals surface area contributed by atoms with Crippen molar-refractivity contribution in [2.75, 3.05) is 0 Å². The number of rotatable bonds is 0. The maximum absolute atomic E-state index is 9.75. The fourth-order valence-corrected chi connectivity index (χ4v) is 0. The predicted octanol–water partition coefficient (Wildman–Crippen LogP) is 1.29. The Kier molecular flexibility index (Phi) is 21.1. The molecule has 0 radical (unpaired) electrons. The van der Waals surface area contributed by atoms with Crippen LogP contribution in [0.5, 0.6) is 0 Å². The molecule has 0 bridgehead atoms. The van der Waals surface area contributed by atoms with Gasteiger partial charge in [-0.3, -0.25) is 0 Å². The summed E-state index contributed by atoms with van der Waals surface area (Å²) in [5.74, 6) is 0. The molecule has 0 saturated carbocycles. The van der Waals surface area contributed by atoms with E-state index in [0.29, 0.717) is 0 Å². The molecule has 0 nitrogen and oxygen atoms in total. The van der Waals surface area contributed by atoms with Crippen molar-refractivity contribution in [3.63, 3.8) is 0 Å². The first-order valence-corrected chi connectivity index (χ1v) is 1.56. The first-order chi connectivity index (χ1) is 1.41. The summed E-state index contributed by atoms with van der Waals surface area (Å²) in [4.78, 5) is 0. The molecule has 4 heavy (non-hydrogen) atoms. The molecule has 0 heterocycles. The van der Waals surface area contributed by atoms with Gasteiger partial charge in [0.1, 0.15) is 0 Å². The van der Waals surface area contributed by atoms with Gasteiger partial charge in [-0.2, -0.15) is 0 Å². The zero-order chi connectivity index (χ0) is 2.71. The summed E-state index contributed by atoms with van der Waals surface area (Å²) in [7, 11) is 0. The molecule has 0 aliphatic heterocycles. The molecule has 0 spiro atoms. The van der Waals surface area contributed by atoms with Crippen LogP contribution in [0.3, 0.4) is 0 Å². The Morgan fingerprint density at radius 2 is 1.25 bits per heavy atom. The van der Waals surface area contributed by atoms with Gasteiger partial charge in [-0.05, 0) is 0 Å². The van der Waals surface area contributed by atoms with Crippen LogP contribution in [-0.2, 0) is 20.2 Å². The van der Waals surface area contributed by atoms with Gasteiger partial charge in [-0.1, -0.05) is 0 Å². The van der Waals surface area contributed by atoms with Gasteiger partial charge in [-0.15, -0.1) is 0 Å². The normalized spacial score (nSPS) is 3.50. The van der Waals surface area contributed by atoms with Crippen LogP contribution in [0.4, 0.5) is 6.18 Å². The van der Waals surface area contributed by atoms with E-state index in [-0.39, 0.29) is 7.43 Å². The Labute approximate surface area is 34.5 Å². The molecule has 0 fully saturated rings. The van der Waals surface area contributed by atoms with E-state index in [2.05, 4.69) is 0 Å². The molecular formula is CH3F2Ti-. The monoisotopic (exact) mass is 101 g/mol. The summed E-state index contributed by atoms with van der Waals surface area (Å²) < 4.78 is 19.5. The van der Waals surface area contributed by atoms with E-state index in [1.54, 1.807) is 0 Å². The third-order valence-corrected chi connectivity index (χ3v) is 0. The second kappa shape index (κ2) is 9.56. The Morgan fingerprint density at radius 1 is 1.25 bits per heavy atom. The first-order valence-electron chi connectivity index (χ1n) is 0.378. The summed E-state index contributed by atoms with van der Waals surface area (Å²) in [5, 5.41) is 0. The van der Waals surface area contributed by atoms with Crippen molar-refractivity contribution in [3.05, 3.63) is 7.43 Å². The zero-order valence-corrected chi connectivity index (χ0v) is 3.82. The van der Waals surface area contributed by atoms with Crippen molar-refractivity contribution in [1.82, 2.24) is 0 Å². The summed E-state index contributed by atoms with van der Waals surface area (Å²) >= 11 is -2.50. The van der Waals surface area contributed by atoms with Crippen LogP contribution >= 0.6 is 0 Å². The number of hydrogen-bond donors (Lipinski definition) is 0. The number of halogens is 2. The average molecular weight is 101 g/mol. The van der Waals surface area contributed by atoms with Crippen LogP contribution < -0.4 is 0 Å². The van der Waals surface area contributed by atoms with E-state index < -0.39 is 20.2 Å². The van der Waals surface area contributed by atoms with Crippen molar-refractivity contribution in [2.24, 2.45) is 0 Å². The van der Waals surface area contributed by atoms with Crippen molar-refractivity contribution in [3.8, 4) is 0 Å². The third-order valence-electron chi connectivity index (χ3n) is 0. The van der Waals surface area contributed by atoms with Crippen LogP contribution in [0.15, 0.2) is 0 Å². The maximum atomic E-state index is 9.75. The van der Waals surface area contributed by atoms with E-state index in [1.165, 1.54) is 0 Å². The number of hydrogen-bond acceptors (Lipinski definition) is 0. The van der Waals surface area contributed by atoms with Crippen molar-refractivity contribution < 1.29 is 26.4 Å². The molecule has 3 heteroatoms. The third kappa shape index (κ3) is 19.3. The van der Waals surface area contributed by atoms with Crippen molar-refractivity contribution >= 4 is 0 Å². The second-order valence-corrected chi connectivity index (χ2v) is 0.295. The van der Waals surface area contributed by atoms with E-state index in [1.807, 2.05) is 0 Å². The van der Waals surface area contributed by atoms with Gasteiger partial charge in [-0.25, -0.2) is 0 Å². The Morgan fingerprint density at radius 3 is 1.25 bits per heavy atom. The molecule has 0 aromatic heterocycles. The van der Waals surface area contributed by atoms with Crippen LogP contribution in [-0.4, -0.2) is 0 Å². The summed E-state index contributed by atoms with van der Waals surface area (Å²) in [6.07, 6.45) is 0. The van der Waals surface area contributed by atoms with Crippen LogP contribution in [0.1, 0.15) is 0 Å². The van der Waals surface area contributed by atoms with Gasteiger partial charge in [0.2, 0.25) is 0 Å². The molecule has 0 aliphatic rings. The zero-order valence-electron chi connectivity index (χ0n) is 2.26. The van der Waals surface area contributed by atoms with Gasteiger partial charge in [0.15, 0.2) is 0 Å². The van der Waals surface area contributed by atoms with Gasteiger partial charge >= 0.3 is 26.4 Å². The second-order valence-electron chi connectivity index (χ2n) is 0.0714. The molecule has 0 unspecified atom stereocenters. The van der Waals surface area contributed by atoms with Crippen LogP contribution in [0, 0.1) is 7.43 Å². The molecule has 0 rings (SSSR count). The van der Waals surface area contributed by atoms with Crippen molar-refractivity contribution in [1.29, 1.82) is 0 Å². The fraction of sp³-hybridized carbons (Fsp3) is 0. The molecule has 0 aliphatic carbocycles. The molecule has 0 N–H and O–H groups in total. The Hall–Kier alpha value is 0.574. The Bertz CT molecular complexity index is 6.00. The van der Waals surface area contributed by atoms with Gasteiger partial charge < -0.3 is 7.43 Å². The van der Waals surface area contributed by atoms with Crippen LogP contribution in [0.25, 0.3) is 0 Å². The molecule has 0 atom stereocenters. The van der Waals surface area contributed by atoms with E-state index in [9.17, 15) is 6.18 Å². The average Bonchev–Trinajstić information content (AvgIpc) is 0.918. The first kappa shape index (κ1) is 8.82. The van der Waals surface area contributed by atoms with Crippen molar-refractivity contribution in [2.45, 2.75) is 0 Å². The van der Waals surface area contributed by atoms with E-state index in [0.717, 1.165) is 0 Å². The Balaban J connectivity index is 0. The standard InChI is InChI=1S/CH3.2FH.Ti/h1H3;2*1H;/q-1;;;+2/p-2. The van der Waals surface area contributed by atoms with Gasteiger partial charge in [0.25, 0.3) is 0 Å².